The second-order valence-corrected chi connectivity index (χ2v) is 4.17. The Balaban J connectivity index is 0. The van der Waals surface area contributed by atoms with Crippen LogP contribution in [0.15, 0.2) is 24.9 Å². The van der Waals surface area contributed by atoms with Crippen molar-refractivity contribution < 1.29 is 14.7 Å². The van der Waals surface area contributed by atoms with E-state index in [2.05, 4.69) is 11.9 Å². The zero-order chi connectivity index (χ0) is 13.6. The molecule has 19 heavy (non-hydrogen) atoms. The van der Waals surface area contributed by atoms with E-state index in [4.69, 9.17) is 5.11 Å². The number of nitrogens with one attached hydrogen (secondary N) is 1. The summed E-state index contributed by atoms with van der Waals surface area (Å²) < 4.78 is 0. The van der Waals surface area contributed by atoms with Gasteiger partial charge in [0.25, 0.3) is 0 Å². The number of carboxylic acid groups (broad SMARTS) is 1. The number of unbranched alkanes of at least 4 members (excludes halogenated alkanes) is 6. The number of hydrogen-bond donors (Lipinski definition) is 2. The number of carbonyl (C=O) groups is 2. The predicted octanol–water partition coefficient (Wildman–Crippen LogP) is 2.36. The normalized spacial score (nSPS) is 9.89. The van der Waals surface area contributed by atoms with Crippen molar-refractivity contribution in [2.45, 2.75) is 51.4 Å². The van der Waals surface area contributed by atoms with Crippen LogP contribution in [0.3, 0.4) is 0 Å². The van der Waals surface area contributed by atoms with Crippen molar-refractivity contribution in [1.29, 1.82) is 0 Å². The summed E-state index contributed by atoms with van der Waals surface area (Å²) >= 11 is 0. The van der Waals surface area contributed by atoms with Gasteiger partial charge < -0.3 is 10.4 Å². The van der Waals surface area contributed by atoms with Gasteiger partial charge in [-0.25, -0.2) is 0 Å². The van der Waals surface area contributed by atoms with Gasteiger partial charge in [0.2, 0.25) is 5.91 Å². The second kappa shape index (κ2) is 15.5. The van der Waals surface area contributed by atoms with E-state index in [0.29, 0.717) is 0 Å². The van der Waals surface area contributed by atoms with Gasteiger partial charge >= 0.3 is 35.5 Å². The summed E-state index contributed by atoms with van der Waals surface area (Å²) in [5, 5.41) is 11.0. The number of rotatable bonds is 11. The van der Waals surface area contributed by atoms with E-state index >= 15 is 0 Å². The molecule has 0 aliphatic rings. The minimum absolute atomic E-state index is 0. The first kappa shape index (κ1) is 20.7. The summed E-state index contributed by atoms with van der Waals surface area (Å²) in [5.74, 6) is -0.897. The van der Waals surface area contributed by atoms with Crippen LogP contribution in [0.2, 0.25) is 0 Å². The van der Waals surface area contributed by atoms with Crippen molar-refractivity contribution >= 4 is 41.4 Å². The van der Waals surface area contributed by atoms with Gasteiger partial charge in [-0.15, -0.1) is 0 Å². The molecule has 0 bridgehead atoms. The summed E-state index contributed by atoms with van der Waals surface area (Å²) in [5.41, 5.74) is 0. The van der Waals surface area contributed by atoms with E-state index in [1.165, 1.54) is 6.08 Å². The van der Waals surface area contributed by atoms with Crippen LogP contribution in [0.1, 0.15) is 51.4 Å². The zero-order valence-electron chi connectivity index (χ0n) is 10.9. The molecule has 0 unspecified atom stereocenters. The maximum atomic E-state index is 10.8. The van der Waals surface area contributed by atoms with Crippen LogP contribution in [0.4, 0.5) is 0 Å². The molecular weight excluding hydrogens is 253 g/mol. The quantitative estimate of drug-likeness (QED) is 0.346. The van der Waals surface area contributed by atoms with E-state index in [0.717, 1.165) is 44.9 Å². The van der Waals surface area contributed by atoms with E-state index in [-0.39, 0.29) is 41.9 Å². The Morgan fingerprint density at radius 1 is 1.05 bits per heavy atom. The molecule has 0 radical (unpaired) electrons. The van der Waals surface area contributed by atoms with Gasteiger partial charge in [0, 0.05) is 12.6 Å². The molecule has 0 heterocycles. The molecule has 5 heteroatoms. The predicted molar refractivity (Wildman–Crippen MR) is 79.2 cm³/mol. The Morgan fingerprint density at radius 2 is 1.63 bits per heavy atom. The van der Waals surface area contributed by atoms with Crippen molar-refractivity contribution in [2.24, 2.45) is 0 Å². The SMILES string of the molecule is C=CC(=O)NC=CCCCCCCCCC(=O)O.[NaH]. The Labute approximate surface area is 137 Å². The third-order valence-electron chi connectivity index (χ3n) is 2.54. The number of allylic oxidation sites excluding steroid dienone is 1. The molecule has 2 N–H and O–H groups in total. The van der Waals surface area contributed by atoms with Crippen LogP contribution in [-0.4, -0.2) is 46.5 Å². The van der Waals surface area contributed by atoms with Gasteiger partial charge in [-0.3, -0.25) is 9.59 Å². The third-order valence-corrected chi connectivity index (χ3v) is 2.54. The fraction of sp³-hybridized carbons (Fsp3) is 0.571. The van der Waals surface area contributed by atoms with Gasteiger partial charge in [0.15, 0.2) is 0 Å². The van der Waals surface area contributed by atoms with Crippen molar-refractivity contribution in [3.63, 3.8) is 0 Å². The maximum absolute atomic E-state index is 10.8. The summed E-state index contributed by atoms with van der Waals surface area (Å²) in [6, 6.07) is 0. The molecule has 0 aliphatic heterocycles. The molecule has 0 aromatic rings. The summed E-state index contributed by atoms with van der Waals surface area (Å²) in [6.07, 6.45) is 12.3. The molecule has 0 fully saturated rings. The van der Waals surface area contributed by atoms with Crippen LogP contribution >= 0.6 is 0 Å². The first-order valence-corrected chi connectivity index (χ1v) is 6.46. The zero-order valence-corrected chi connectivity index (χ0v) is 10.9. The first-order valence-electron chi connectivity index (χ1n) is 6.46. The van der Waals surface area contributed by atoms with Gasteiger partial charge in [-0.1, -0.05) is 38.3 Å². The monoisotopic (exact) mass is 277 g/mol. The van der Waals surface area contributed by atoms with E-state index in [9.17, 15) is 9.59 Å². The van der Waals surface area contributed by atoms with Crippen molar-refractivity contribution in [3.8, 4) is 0 Å². The van der Waals surface area contributed by atoms with E-state index in [1.807, 2.05) is 6.08 Å². The van der Waals surface area contributed by atoms with E-state index in [1.54, 1.807) is 6.20 Å². The number of amides is 1. The van der Waals surface area contributed by atoms with Gasteiger partial charge in [0.1, 0.15) is 0 Å². The average Bonchev–Trinajstić information content (AvgIpc) is 2.35. The average molecular weight is 277 g/mol. The van der Waals surface area contributed by atoms with Crippen LogP contribution in [0.5, 0.6) is 0 Å². The Hall–Kier alpha value is -0.580. The topological polar surface area (TPSA) is 66.4 Å². The molecule has 0 saturated heterocycles. The molecule has 0 aromatic carbocycles. The standard InChI is InChI=1S/C14H23NO3.Na.H/c1-2-13(16)15-12-10-8-6-4-3-5-7-9-11-14(17)18;;/h2,10,12H,1,3-9,11H2,(H,15,16)(H,17,18);;. The van der Waals surface area contributed by atoms with Crippen molar-refractivity contribution in [2.75, 3.05) is 0 Å². The molecule has 0 atom stereocenters. The molecule has 0 aromatic heterocycles. The molecule has 0 aliphatic carbocycles. The van der Waals surface area contributed by atoms with Gasteiger partial charge in [-0.05, 0) is 25.3 Å². The first-order chi connectivity index (χ1) is 8.66. The Kier molecular flexibility index (Phi) is 16.9. The fourth-order valence-corrected chi connectivity index (χ4v) is 1.53. The molecular formula is C14H24NNaO3. The molecule has 4 nitrogen and oxygen atoms in total. The second-order valence-electron chi connectivity index (χ2n) is 4.17. The van der Waals surface area contributed by atoms with Gasteiger partial charge in [0.05, 0.1) is 0 Å². The van der Waals surface area contributed by atoms with Crippen molar-refractivity contribution in [3.05, 3.63) is 24.9 Å². The number of carboxylic acids is 1. The summed E-state index contributed by atoms with van der Waals surface area (Å²) in [6.45, 7) is 3.35. The fourth-order valence-electron chi connectivity index (χ4n) is 1.53. The molecule has 104 valence electrons. The van der Waals surface area contributed by atoms with Gasteiger partial charge in [-0.2, -0.15) is 0 Å². The Morgan fingerprint density at radius 3 is 2.21 bits per heavy atom. The number of carbonyl (C=O) groups excluding carboxylic acids is 1. The summed E-state index contributed by atoms with van der Waals surface area (Å²) in [4.78, 5) is 21.0. The summed E-state index contributed by atoms with van der Waals surface area (Å²) in [7, 11) is 0. The number of aliphatic carboxylic acids is 1. The molecule has 0 rings (SSSR count). The number of hydrogen-bond acceptors (Lipinski definition) is 2. The van der Waals surface area contributed by atoms with Crippen LogP contribution in [-0.2, 0) is 9.59 Å². The van der Waals surface area contributed by atoms with Crippen LogP contribution in [0.25, 0.3) is 0 Å². The molecule has 0 saturated carbocycles. The van der Waals surface area contributed by atoms with E-state index < -0.39 is 5.97 Å². The minimum atomic E-state index is -0.707. The molecule has 0 spiro atoms. The molecule has 1 amide bonds. The van der Waals surface area contributed by atoms with Crippen LogP contribution in [0, 0.1) is 0 Å². The third kappa shape index (κ3) is 17.4. The Bertz CT molecular complexity index is 290. The van der Waals surface area contributed by atoms with Crippen LogP contribution < -0.4 is 5.32 Å². The van der Waals surface area contributed by atoms with Crippen molar-refractivity contribution in [1.82, 2.24) is 5.32 Å².